The third-order valence-corrected chi connectivity index (χ3v) is 4.20. The molecule has 140 valence electrons. The maximum Gasteiger partial charge on any atom is 0.251 e. The lowest BCUT2D eigenvalue weighted by Crippen LogP contribution is -2.25. The number of benzene rings is 2. The number of carbonyl (C=O) groups excluding carboxylic acids is 1. The van der Waals surface area contributed by atoms with Gasteiger partial charge in [-0.2, -0.15) is 0 Å². The molecule has 0 radical (unpaired) electrons. The van der Waals surface area contributed by atoms with E-state index in [2.05, 4.69) is 30.9 Å². The van der Waals surface area contributed by atoms with Crippen molar-refractivity contribution < 1.29 is 9.53 Å². The second-order valence-electron chi connectivity index (χ2n) is 6.16. The summed E-state index contributed by atoms with van der Waals surface area (Å²) in [4.78, 5) is 16.7. The first-order valence-electron chi connectivity index (χ1n) is 8.86. The fraction of sp³-hybridized carbons (Fsp3) is 0.150. The first kappa shape index (κ1) is 17.6. The van der Waals surface area contributed by atoms with Gasteiger partial charge >= 0.3 is 0 Å². The van der Waals surface area contributed by atoms with Gasteiger partial charge in [-0.15, -0.1) is 5.10 Å². The summed E-state index contributed by atoms with van der Waals surface area (Å²) in [6.45, 7) is 0.809. The topological polar surface area (TPSA) is 106 Å². The first-order valence-corrected chi connectivity index (χ1v) is 8.86. The third-order valence-electron chi connectivity index (χ3n) is 4.20. The van der Waals surface area contributed by atoms with Crippen LogP contribution in [0.2, 0.25) is 0 Å². The molecule has 2 N–H and O–H groups in total. The maximum absolute atomic E-state index is 12.2. The number of nitrogens with one attached hydrogen (secondary N) is 2. The van der Waals surface area contributed by atoms with Crippen LogP contribution in [0, 0.1) is 0 Å². The number of fused-ring (bicyclic) bond motifs is 1. The van der Waals surface area contributed by atoms with Crippen molar-refractivity contribution in [1.29, 1.82) is 0 Å². The Kier molecular flexibility index (Phi) is 5.19. The van der Waals surface area contributed by atoms with E-state index in [0.717, 1.165) is 16.6 Å². The van der Waals surface area contributed by atoms with E-state index in [1.165, 1.54) is 0 Å². The van der Waals surface area contributed by atoms with Crippen LogP contribution < -0.4 is 10.1 Å². The van der Waals surface area contributed by atoms with Gasteiger partial charge in [0, 0.05) is 23.9 Å². The second-order valence-corrected chi connectivity index (χ2v) is 6.16. The van der Waals surface area contributed by atoms with Crippen molar-refractivity contribution in [2.45, 2.75) is 13.0 Å². The minimum atomic E-state index is -0.157. The average Bonchev–Trinajstić information content (AvgIpc) is 3.26. The van der Waals surface area contributed by atoms with E-state index in [-0.39, 0.29) is 5.91 Å². The summed E-state index contributed by atoms with van der Waals surface area (Å²) >= 11 is 0. The molecule has 1 amide bonds. The van der Waals surface area contributed by atoms with Gasteiger partial charge in [-0.3, -0.25) is 4.79 Å². The number of amides is 1. The zero-order chi connectivity index (χ0) is 19.2. The molecule has 0 spiro atoms. The van der Waals surface area contributed by atoms with Crippen molar-refractivity contribution >= 4 is 16.8 Å². The lowest BCUT2D eigenvalue weighted by atomic mass is 10.2. The fourth-order valence-corrected chi connectivity index (χ4v) is 2.73. The summed E-state index contributed by atoms with van der Waals surface area (Å²) in [5.41, 5.74) is 2.35. The summed E-state index contributed by atoms with van der Waals surface area (Å²) in [7, 11) is 0. The molecule has 8 heteroatoms. The molecule has 28 heavy (non-hydrogen) atoms. The Bertz CT molecular complexity index is 1060. The van der Waals surface area contributed by atoms with Crippen molar-refractivity contribution in [3.8, 4) is 5.75 Å². The lowest BCUT2D eigenvalue weighted by Gasteiger charge is -2.08. The van der Waals surface area contributed by atoms with Gasteiger partial charge in [0.15, 0.2) is 0 Å². The van der Waals surface area contributed by atoms with Gasteiger partial charge in [0.1, 0.15) is 18.2 Å². The number of para-hydroxylation sites is 1. The molecule has 0 aliphatic rings. The largest absolute Gasteiger partial charge is 0.487 e. The van der Waals surface area contributed by atoms with Crippen molar-refractivity contribution in [1.82, 2.24) is 30.9 Å². The number of nitrogens with zero attached hydrogens (tertiary/aromatic N) is 4. The standard InChI is InChI=1S/C20H18N6O2/c27-20(21-12-11-19-23-25-26-24-19)15-6-9-17(10-7-15)28-13-16-8-5-14-3-1-2-4-18(14)22-16/h1-10H,11-13H2,(H,21,27)(H,23,24,25,26). The number of pyridine rings is 1. The van der Waals surface area contributed by atoms with Crippen LogP contribution in [0.15, 0.2) is 60.7 Å². The number of H-pyrrole nitrogens is 1. The summed E-state index contributed by atoms with van der Waals surface area (Å²) in [6.07, 6.45) is 0.540. The summed E-state index contributed by atoms with van der Waals surface area (Å²) in [5, 5.41) is 17.3. The van der Waals surface area contributed by atoms with Crippen LogP contribution in [0.25, 0.3) is 10.9 Å². The quantitative estimate of drug-likeness (QED) is 0.514. The Balaban J connectivity index is 1.30. The van der Waals surface area contributed by atoms with Crippen molar-refractivity contribution in [2.24, 2.45) is 0 Å². The van der Waals surface area contributed by atoms with Crippen molar-refractivity contribution in [3.05, 3.63) is 77.7 Å². The normalized spacial score (nSPS) is 10.7. The van der Waals surface area contributed by atoms with Crippen molar-refractivity contribution in [2.75, 3.05) is 6.54 Å². The molecule has 4 rings (SSSR count). The highest BCUT2D eigenvalue weighted by atomic mass is 16.5. The SMILES string of the molecule is O=C(NCCc1nnn[nH]1)c1ccc(OCc2ccc3ccccc3n2)cc1. The van der Waals surface area contributed by atoms with Gasteiger partial charge in [-0.05, 0) is 46.8 Å². The summed E-state index contributed by atoms with van der Waals surface area (Å²) in [5.74, 6) is 1.15. The van der Waals surface area contributed by atoms with Crippen LogP contribution in [-0.4, -0.2) is 38.1 Å². The minimum absolute atomic E-state index is 0.157. The molecule has 0 saturated carbocycles. The van der Waals surface area contributed by atoms with Crippen molar-refractivity contribution in [3.63, 3.8) is 0 Å². The molecule has 2 aromatic heterocycles. The molecule has 2 heterocycles. The number of rotatable bonds is 7. The van der Waals surface area contributed by atoms with E-state index in [1.54, 1.807) is 24.3 Å². The first-order chi connectivity index (χ1) is 13.8. The van der Waals surface area contributed by atoms with E-state index in [9.17, 15) is 4.79 Å². The maximum atomic E-state index is 12.2. The molecule has 0 unspecified atom stereocenters. The molecule has 0 aliphatic carbocycles. The predicted molar refractivity (Wildman–Crippen MR) is 103 cm³/mol. The Morgan fingerprint density at radius 2 is 1.89 bits per heavy atom. The highest BCUT2D eigenvalue weighted by Gasteiger charge is 2.06. The Morgan fingerprint density at radius 1 is 1.04 bits per heavy atom. The van der Waals surface area contributed by atoms with E-state index in [1.807, 2.05) is 36.4 Å². The van der Waals surface area contributed by atoms with Crippen LogP contribution in [0.4, 0.5) is 0 Å². The molecule has 2 aromatic carbocycles. The number of hydrogen-bond donors (Lipinski definition) is 2. The smallest absolute Gasteiger partial charge is 0.251 e. The Hall–Kier alpha value is -3.81. The van der Waals surface area contributed by atoms with Crippen LogP contribution in [0.1, 0.15) is 21.9 Å². The van der Waals surface area contributed by atoms with Crippen LogP contribution in [0.3, 0.4) is 0 Å². The second kappa shape index (κ2) is 8.26. The van der Waals surface area contributed by atoms with E-state index < -0.39 is 0 Å². The minimum Gasteiger partial charge on any atom is -0.487 e. The monoisotopic (exact) mass is 374 g/mol. The zero-order valence-electron chi connectivity index (χ0n) is 15.0. The zero-order valence-corrected chi connectivity index (χ0v) is 15.0. The van der Waals surface area contributed by atoms with Gasteiger partial charge in [-0.1, -0.05) is 24.3 Å². The number of tetrazole rings is 1. The van der Waals surface area contributed by atoms with Gasteiger partial charge in [0.25, 0.3) is 5.91 Å². The average molecular weight is 374 g/mol. The van der Waals surface area contributed by atoms with Crippen LogP contribution in [-0.2, 0) is 13.0 Å². The fourth-order valence-electron chi connectivity index (χ4n) is 2.73. The van der Waals surface area contributed by atoms with E-state index in [4.69, 9.17) is 4.74 Å². The lowest BCUT2D eigenvalue weighted by molar-refractivity contribution is 0.0954. The molecule has 0 atom stereocenters. The molecular weight excluding hydrogens is 356 g/mol. The number of aromatic nitrogens is 5. The molecule has 8 nitrogen and oxygen atoms in total. The number of carbonyl (C=O) groups is 1. The Labute approximate surface area is 161 Å². The summed E-state index contributed by atoms with van der Waals surface area (Å²) in [6, 6.07) is 19.0. The van der Waals surface area contributed by atoms with Crippen LogP contribution in [0.5, 0.6) is 5.75 Å². The van der Waals surface area contributed by atoms with E-state index in [0.29, 0.717) is 36.7 Å². The molecule has 0 aliphatic heterocycles. The van der Waals surface area contributed by atoms with Gasteiger partial charge in [0.05, 0.1) is 11.2 Å². The molecule has 0 saturated heterocycles. The Morgan fingerprint density at radius 3 is 2.71 bits per heavy atom. The van der Waals surface area contributed by atoms with Crippen LogP contribution >= 0.6 is 0 Å². The molecular formula is C20H18N6O2. The number of ether oxygens (including phenoxy) is 1. The van der Waals surface area contributed by atoms with Gasteiger partial charge in [0.2, 0.25) is 0 Å². The highest BCUT2D eigenvalue weighted by Crippen LogP contribution is 2.16. The van der Waals surface area contributed by atoms with E-state index >= 15 is 0 Å². The molecule has 4 aromatic rings. The highest BCUT2D eigenvalue weighted by molar-refractivity contribution is 5.94. The number of aromatic amines is 1. The molecule has 0 bridgehead atoms. The third kappa shape index (κ3) is 4.29. The summed E-state index contributed by atoms with van der Waals surface area (Å²) < 4.78 is 5.79. The van der Waals surface area contributed by atoms with Gasteiger partial charge < -0.3 is 10.1 Å². The van der Waals surface area contributed by atoms with Gasteiger partial charge in [-0.25, -0.2) is 10.1 Å². The predicted octanol–water partition coefficient (Wildman–Crippen LogP) is 2.30. The number of hydrogen-bond acceptors (Lipinski definition) is 6. The molecule has 0 fully saturated rings.